The number of nitrogens with zero attached hydrogens (tertiary/aromatic N) is 2. The summed E-state index contributed by atoms with van der Waals surface area (Å²) in [6, 6.07) is 18.9. The van der Waals surface area contributed by atoms with Gasteiger partial charge in [-0.05, 0) is 65.9 Å². The number of benzene rings is 2. The number of nitrogens with two attached hydrogens (primary N) is 1. The number of rotatable bonds is 10. The van der Waals surface area contributed by atoms with Crippen molar-refractivity contribution in [1.82, 2.24) is 9.88 Å². The minimum atomic E-state index is -0.974. The van der Waals surface area contributed by atoms with Crippen molar-refractivity contribution < 1.29 is 19.4 Å². The Labute approximate surface area is 204 Å². The normalized spacial score (nSPS) is 15.3. The lowest BCUT2D eigenvalue weighted by atomic mass is 9.94. The van der Waals surface area contributed by atoms with Crippen LogP contribution in [0.15, 0.2) is 66.9 Å². The molecule has 1 unspecified atom stereocenters. The molecule has 0 radical (unpaired) electrons. The number of pyridine rings is 1. The number of carboxylic acids is 1. The zero-order valence-electron chi connectivity index (χ0n) is 19.5. The van der Waals surface area contributed by atoms with Crippen LogP contribution in [0, 0.1) is 5.92 Å². The average Bonchev–Trinajstić information content (AvgIpc) is 2.97. The first-order chi connectivity index (χ1) is 17.0. The lowest BCUT2D eigenvalue weighted by Crippen LogP contribution is -2.35. The van der Waals surface area contributed by atoms with Gasteiger partial charge < -0.3 is 25.8 Å². The number of carbonyl (C=O) groups excluding carboxylic acids is 1. The van der Waals surface area contributed by atoms with Crippen LogP contribution in [-0.2, 0) is 29.1 Å². The molecule has 8 nitrogen and oxygen atoms in total. The fourth-order valence-corrected chi connectivity index (χ4v) is 4.23. The molecule has 1 amide bonds. The Bertz CT molecular complexity index is 1150. The second-order valence-corrected chi connectivity index (χ2v) is 8.71. The first-order valence-corrected chi connectivity index (χ1v) is 11.7. The van der Waals surface area contributed by atoms with Gasteiger partial charge in [0, 0.05) is 31.5 Å². The molecule has 4 rings (SSSR count). The molecular weight excluding hydrogens is 444 g/mol. The van der Waals surface area contributed by atoms with Crippen LogP contribution in [0.25, 0.3) is 0 Å². The van der Waals surface area contributed by atoms with Crippen molar-refractivity contribution in [3.8, 4) is 5.75 Å². The number of nitrogen functional groups attached to an aromatic ring is 1. The highest BCUT2D eigenvalue weighted by Crippen LogP contribution is 2.29. The van der Waals surface area contributed by atoms with Crippen LogP contribution in [-0.4, -0.2) is 40.0 Å². The number of carboxylic acid groups (broad SMARTS) is 1. The highest BCUT2D eigenvalue weighted by Gasteiger charge is 2.31. The number of carbonyl (C=O) groups is 2. The van der Waals surface area contributed by atoms with Crippen molar-refractivity contribution >= 4 is 23.4 Å². The summed E-state index contributed by atoms with van der Waals surface area (Å²) in [5.74, 6) is -0.161. The molecule has 1 aliphatic heterocycles. The van der Waals surface area contributed by atoms with Gasteiger partial charge in [-0.15, -0.1) is 0 Å². The van der Waals surface area contributed by atoms with Crippen molar-refractivity contribution in [2.75, 3.05) is 24.2 Å². The Hall–Kier alpha value is -4.07. The lowest BCUT2D eigenvalue weighted by Gasteiger charge is -2.24. The van der Waals surface area contributed by atoms with Crippen LogP contribution in [0.4, 0.5) is 11.5 Å². The van der Waals surface area contributed by atoms with E-state index in [0.29, 0.717) is 31.8 Å². The van der Waals surface area contributed by atoms with Crippen LogP contribution in [0.2, 0.25) is 0 Å². The van der Waals surface area contributed by atoms with Crippen LogP contribution < -0.4 is 15.8 Å². The van der Waals surface area contributed by atoms with E-state index in [1.807, 2.05) is 48.5 Å². The minimum absolute atomic E-state index is 0.150. The molecule has 4 N–H and O–H groups in total. The van der Waals surface area contributed by atoms with Crippen molar-refractivity contribution in [1.29, 1.82) is 0 Å². The third kappa shape index (κ3) is 6.72. The van der Waals surface area contributed by atoms with Gasteiger partial charge in [0.2, 0.25) is 5.91 Å². The summed E-state index contributed by atoms with van der Waals surface area (Å²) in [7, 11) is 0. The van der Waals surface area contributed by atoms with Gasteiger partial charge in [-0.3, -0.25) is 9.59 Å². The summed E-state index contributed by atoms with van der Waals surface area (Å²) in [6.07, 6.45) is 2.75. The fraction of sp³-hybridized carbons (Fsp3) is 0.296. The number of hydrogen-bond acceptors (Lipinski definition) is 6. The van der Waals surface area contributed by atoms with Gasteiger partial charge in [-0.25, -0.2) is 4.98 Å². The molecule has 1 atom stereocenters. The smallest absolute Gasteiger partial charge is 0.304 e. The highest BCUT2D eigenvalue weighted by molar-refractivity contribution is 5.84. The maximum absolute atomic E-state index is 13.3. The van der Waals surface area contributed by atoms with Gasteiger partial charge in [0.25, 0.3) is 0 Å². The topological polar surface area (TPSA) is 118 Å². The highest BCUT2D eigenvalue weighted by atomic mass is 16.5. The summed E-state index contributed by atoms with van der Waals surface area (Å²) in [5, 5.41) is 12.6. The number of ether oxygens (including phenoxy) is 1. The Morgan fingerprint density at radius 3 is 2.71 bits per heavy atom. The van der Waals surface area contributed by atoms with Gasteiger partial charge >= 0.3 is 5.97 Å². The second-order valence-electron chi connectivity index (χ2n) is 8.71. The molecule has 2 heterocycles. The van der Waals surface area contributed by atoms with E-state index < -0.39 is 11.9 Å². The van der Waals surface area contributed by atoms with Crippen LogP contribution >= 0.6 is 0 Å². The number of fused-ring (bicyclic) bond motifs is 1. The number of amides is 1. The molecule has 0 bridgehead atoms. The van der Waals surface area contributed by atoms with Crippen LogP contribution in [0.5, 0.6) is 5.75 Å². The maximum atomic E-state index is 13.3. The summed E-state index contributed by atoms with van der Waals surface area (Å²) >= 11 is 0. The van der Waals surface area contributed by atoms with Crippen molar-refractivity contribution in [2.45, 2.75) is 32.4 Å². The summed E-state index contributed by atoms with van der Waals surface area (Å²) < 4.78 is 5.96. The SMILES string of the molecule is Nc1ccc(CN2Cc3cc(OCCCNc4ccccn4)ccc3CC(CC(=O)O)C2=O)cc1. The van der Waals surface area contributed by atoms with Crippen molar-refractivity contribution in [2.24, 2.45) is 5.92 Å². The van der Waals surface area contributed by atoms with Gasteiger partial charge in [0.15, 0.2) is 0 Å². The Morgan fingerprint density at radius 2 is 1.97 bits per heavy atom. The Morgan fingerprint density at radius 1 is 1.14 bits per heavy atom. The number of aliphatic carboxylic acids is 1. The molecule has 3 aromatic rings. The van der Waals surface area contributed by atoms with Crippen LogP contribution in [0.3, 0.4) is 0 Å². The van der Waals surface area contributed by atoms with Crippen LogP contribution in [0.1, 0.15) is 29.5 Å². The molecule has 182 valence electrons. The lowest BCUT2D eigenvalue weighted by molar-refractivity contribution is -0.144. The molecule has 35 heavy (non-hydrogen) atoms. The number of hydrogen-bond donors (Lipinski definition) is 3. The molecular formula is C27H30N4O4. The molecule has 0 fully saturated rings. The van der Waals surface area contributed by atoms with Crippen molar-refractivity contribution in [3.63, 3.8) is 0 Å². The molecule has 0 saturated heterocycles. The van der Waals surface area contributed by atoms with E-state index in [9.17, 15) is 14.7 Å². The van der Waals surface area contributed by atoms with E-state index in [4.69, 9.17) is 10.5 Å². The molecule has 0 saturated carbocycles. The standard InChI is InChI=1S/C27H30N4O4/c28-23-8-5-19(6-9-23)17-31-18-22-15-24(35-13-3-12-30-25-4-1-2-11-29-25)10-7-20(22)14-21(27(31)34)16-26(32)33/h1-2,4-11,15,21H,3,12-14,16-18,28H2,(H,29,30)(H,32,33). The quantitative estimate of drug-likeness (QED) is 0.303. The first-order valence-electron chi connectivity index (χ1n) is 11.7. The van der Waals surface area contributed by atoms with E-state index in [2.05, 4.69) is 10.3 Å². The largest absolute Gasteiger partial charge is 0.494 e. The van der Waals surface area contributed by atoms with Gasteiger partial charge in [0.1, 0.15) is 11.6 Å². The third-order valence-corrected chi connectivity index (χ3v) is 6.00. The minimum Gasteiger partial charge on any atom is -0.494 e. The zero-order chi connectivity index (χ0) is 24.6. The first kappa shape index (κ1) is 24.1. The van der Waals surface area contributed by atoms with Gasteiger partial charge in [-0.1, -0.05) is 24.3 Å². The van der Waals surface area contributed by atoms with Crippen molar-refractivity contribution in [3.05, 3.63) is 83.6 Å². The summed E-state index contributed by atoms with van der Waals surface area (Å²) in [6.45, 7) is 2.06. The predicted octanol–water partition coefficient (Wildman–Crippen LogP) is 3.72. The zero-order valence-corrected chi connectivity index (χ0v) is 19.5. The molecule has 8 heteroatoms. The molecule has 0 spiro atoms. The van der Waals surface area contributed by atoms with Gasteiger partial charge in [0.05, 0.1) is 18.9 Å². The number of nitrogens with one attached hydrogen (secondary N) is 1. The Balaban J connectivity index is 1.43. The number of anilines is 2. The molecule has 1 aliphatic rings. The van der Waals surface area contributed by atoms with E-state index in [1.165, 1.54) is 0 Å². The molecule has 0 aliphatic carbocycles. The van der Waals surface area contributed by atoms with Gasteiger partial charge in [-0.2, -0.15) is 0 Å². The van der Waals surface area contributed by atoms with E-state index in [-0.39, 0.29) is 12.3 Å². The molecule has 2 aromatic carbocycles. The second kappa shape index (κ2) is 11.4. The van der Waals surface area contributed by atoms with E-state index >= 15 is 0 Å². The fourth-order valence-electron chi connectivity index (χ4n) is 4.23. The van der Waals surface area contributed by atoms with E-state index in [0.717, 1.165) is 41.2 Å². The average molecular weight is 475 g/mol. The third-order valence-electron chi connectivity index (χ3n) is 6.00. The monoisotopic (exact) mass is 474 g/mol. The number of aromatic nitrogens is 1. The Kier molecular flexibility index (Phi) is 7.82. The molecule has 1 aromatic heterocycles. The summed E-state index contributed by atoms with van der Waals surface area (Å²) in [5.41, 5.74) is 9.35. The maximum Gasteiger partial charge on any atom is 0.304 e. The van der Waals surface area contributed by atoms with E-state index in [1.54, 1.807) is 23.2 Å². The summed E-state index contributed by atoms with van der Waals surface area (Å²) in [4.78, 5) is 30.7. The predicted molar refractivity (Wildman–Crippen MR) is 134 cm³/mol.